The summed E-state index contributed by atoms with van der Waals surface area (Å²) < 4.78 is 0. The molecule has 1 heterocycles. The molecule has 3 fully saturated rings. The van der Waals surface area contributed by atoms with E-state index in [0.29, 0.717) is 6.54 Å². The van der Waals surface area contributed by atoms with E-state index in [1.165, 1.54) is 24.2 Å². The van der Waals surface area contributed by atoms with Crippen molar-refractivity contribution in [3.05, 3.63) is 0 Å². The SMILES string of the molecule is O=C1NC2(CCCCCCC2)C(=O)N1CC1(CBr)CC1. The maximum Gasteiger partial charge on any atom is 0.325 e. The first-order chi connectivity index (χ1) is 9.61. The molecular formula is C15H23BrN2O2. The number of halogens is 1. The maximum atomic E-state index is 12.8. The number of carbonyl (C=O) groups is 2. The second-order valence-electron chi connectivity index (χ2n) is 6.80. The highest BCUT2D eigenvalue weighted by molar-refractivity contribution is 9.09. The van der Waals surface area contributed by atoms with Gasteiger partial charge in [-0.3, -0.25) is 9.69 Å². The van der Waals surface area contributed by atoms with Crippen LogP contribution in [0.1, 0.15) is 57.8 Å². The molecule has 0 aromatic carbocycles. The zero-order chi connectivity index (χ0) is 14.2. The van der Waals surface area contributed by atoms with Crippen LogP contribution >= 0.6 is 15.9 Å². The Morgan fingerprint density at radius 1 is 1.00 bits per heavy atom. The molecule has 112 valence electrons. The van der Waals surface area contributed by atoms with Gasteiger partial charge in [-0.05, 0) is 31.1 Å². The van der Waals surface area contributed by atoms with Crippen LogP contribution in [-0.2, 0) is 4.79 Å². The van der Waals surface area contributed by atoms with Crippen LogP contribution in [0.3, 0.4) is 0 Å². The van der Waals surface area contributed by atoms with Crippen molar-refractivity contribution >= 4 is 27.9 Å². The number of alkyl halides is 1. The Balaban J connectivity index is 1.74. The number of nitrogens with zero attached hydrogens (tertiary/aromatic N) is 1. The minimum atomic E-state index is -0.583. The number of rotatable bonds is 3. The normalized spacial score (nSPS) is 28.1. The molecular weight excluding hydrogens is 320 g/mol. The van der Waals surface area contributed by atoms with Gasteiger partial charge in [0.15, 0.2) is 0 Å². The quantitative estimate of drug-likeness (QED) is 0.632. The van der Waals surface area contributed by atoms with Gasteiger partial charge in [0.25, 0.3) is 5.91 Å². The number of urea groups is 1. The fraction of sp³-hybridized carbons (Fsp3) is 0.867. The van der Waals surface area contributed by atoms with Crippen molar-refractivity contribution in [1.29, 1.82) is 0 Å². The van der Waals surface area contributed by atoms with E-state index in [0.717, 1.165) is 43.9 Å². The van der Waals surface area contributed by atoms with Crippen LogP contribution in [-0.4, -0.2) is 34.3 Å². The molecule has 3 amide bonds. The highest BCUT2D eigenvalue weighted by Crippen LogP contribution is 2.48. The molecule has 1 saturated heterocycles. The fourth-order valence-electron chi connectivity index (χ4n) is 3.51. The van der Waals surface area contributed by atoms with Crippen molar-refractivity contribution in [2.45, 2.75) is 63.3 Å². The van der Waals surface area contributed by atoms with Gasteiger partial charge in [-0.15, -0.1) is 0 Å². The molecule has 20 heavy (non-hydrogen) atoms. The van der Waals surface area contributed by atoms with E-state index in [1.54, 1.807) is 0 Å². The van der Waals surface area contributed by atoms with Crippen LogP contribution in [0.15, 0.2) is 0 Å². The Hall–Kier alpha value is -0.580. The van der Waals surface area contributed by atoms with Gasteiger partial charge in [0.05, 0.1) is 0 Å². The van der Waals surface area contributed by atoms with Crippen LogP contribution in [0.4, 0.5) is 4.79 Å². The van der Waals surface area contributed by atoms with Gasteiger partial charge in [0.2, 0.25) is 0 Å². The maximum absolute atomic E-state index is 12.8. The fourth-order valence-corrected chi connectivity index (χ4v) is 4.25. The first-order valence-corrected chi connectivity index (χ1v) is 8.93. The Kier molecular flexibility index (Phi) is 3.82. The third-order valence-electron chi connectivity index (χ3n) is 5.19. The third kappa shape index (κ3) is 2.49. The summed E-state index contributed by atoms with van der Waals surface area (Å²) in [5.74, 6) is 0.0385. The molecule has 3 aliphatic rings. The molecule has 0 aromatic heterocycles. The average Bonchev–Trinajstić information content (AvgIpc) is 3.14. The lowest BCUT2D eigenvalue weighted by Gasteiger charge is -2.29. The van der Waals surface area contributed by atoms with Gasteiger partial charge in [-0.1, -0.05) is 48.0 Å². The average molecular weight is 343 g/mol. The molecule has 5 heteroatoms. The van der Waals surface area contributed by atoms with Crippen molar-refractivity contribution in [3.63, 3.8) is 0 Å². The smallest absolute Gasteiger partial charge is 0.323 e. The van der Waals surface area contributed by atoms with Crippen LogP contribution < -0.4 is 5.32 Å². The standard InChI is InChI=1S/C15H23BrN2O2/c16-10-14(8-9-14)11-18-12(19)15(17-13(18)20)6-4-2-1-3-5-7-15/h1-11H2,(H,17,20). The molecule has 0 atom stereocenters. The van der Waals surface area contributed by atoms with Gasteiger partial charge in [-0.25, -0.2) is 4.79 Å². The number of hydrogen-bond donors (Lipinski definition) is 1. The highest BCUT2D eigenvalue weighted by Gasteiger charge is 2.54. The summed E-state index contributed by atoms with van der Waals surface area (Å²) in [6.45, 7) is 0.588. The lowest BCUT2D eigenvalue weighted by Crippen LogP contribution is -2.47. The zero-order valence-corrected chi connectivity index (χ0v) is 13.5. The highest BCUT2D eigenvalue weighted by atomic mass is 79.9. The number of amides is 3. The van der Waals surface area contributed by atoms with E-state index in [2.05, 4.69) is 21.2 Å². The molecule has 0 unspecified atom stereocenters. The third-order valence-corrected chi connectivity index (χ3v) is 6.38. The van der Waals surface area contributed by atoms with Crippen LogP contribution in [0.5, 0.6) is 0 Å². The van der Waals surface area contributed by atoms with Gasteiger partial charge < -0.3 is 5.32 Å². The molecule has 1 N–H and O–H groups in total. The van der Waals surface area contributed by atoms with Crippen molar-refractivity contribution in [2.24, 2.45) is 5.41 Å². The molecule has 0 aromatic rings. The molecule has 4 nitrogen and oxygen atoms in total. The molecule has 3 rings (SSSR count). The summed E-state index contributed by atoms with van der Waals surface area (Å²) in [6, 6.07) is -0.164. The minimum Gasteiger partial charge on any atom is -0.323 e. The van der Waals surface area contributed by atoms with Crippen molar-refractivity contribution < 1.29 is 9.59 Å². The topological polar surface area (TPSA) is 49.4 Å². The van der Waals surface area contributed by atoms with E-state index in [1.807, 2.05) is 0 Å². The number of imide groups is 1. The summed E-state index contributed by atoms with van der Waals surface area (Å²) in [5.41, 5.74) is -0.431. The summed E-state index contributed by atoms with van der Waals surface area (Å²) in [4.78, 5) is 26.6. The molecule has 2 saturated carbocycles. The van der Waals surface area contributed by atoms with Gasteiger partial charge in [0.1, 0.15) is 5.54 Å². The minimum absolute atomic E-state index is 0.0385. The first-order valence-electron chi connectivity index (χ1n) is 7.81. The van der Waals surface area contributed by atoms with Gasteiger partial charge >= 0.3 is 6.03 Å². The summed E-state index contributed by atoms with van der Waals surface area (Å²) in [6.07, 6.45) is 9.56. The number of hydrogen-bond acceptors (Lipinski definition) is 2. The van der Waals surface area contributed by atoms with E-state index in [-0.39, 0.29) is 17.4 Å². The largest absolute Gasteiger partial charge is 0.325 e. The lowest BCUT2D eigenvalue weighted by molar-refractivity contribution is -0.132. The van der Waals surface area contributed by atoms with Gasteiger partial charge in [0, 0.05) is 11.9 Å². The monoisotopic (exact) mass is 342 g/mol. The van der Waals surface area contributed by atoms with E-state index < -0.39 is 5.54 Å². The van der Waals surface area contributed by atoms with Gasteiger partial charge in [-0.2, -0.15) is 0 Å². The Labute approximate surface area is 128 Å². The van der Waals surface area contributed by atoms with Crippen molar-refractivity contribution in [3.8, 4) is 0 Å². The second-order valence-corrected chi connectivity index (χ2v) is 7.37. The van der Waals surface area contributed by atoms with Crippen LogP contribution in [0.25, 0.3) is 0 Å². The van der Waals surface area contributed by atoms with Crippen LogP contribution in [0, 0.1) is 5.41 Å². The molecule has 0 bridgehead atoms. The summed E-state index contributed by atoms with van der Waals surface area (Å²) >= 11 is 3.52. The number of nitrogens with one attached hydrogen (secondary N) is 1. The molecule has 1 spiro atoms. The van der Waals surface area contributed by atoms with Crippen molar-refractivity contribution in [2.75, 3.05) is 11.9 Å². The van der Waals surface area contributed by atoms with Crippen LogP contribution in [0.2, 0.25) is 0 Å². The predicted molar refractivity (Wildman–Crippen MR) is 80.8 cm³/mol. The van der Waals surface area contributed by atoms with E-state index in [9.17, 15) is 9.59 Å². The summed E-state index contributed by atoms with van der Waals surface area (Å²) in [5, 5.41) is 3.91. The predicted octanol–water partition coefficient (Wildman–Crippen LogP) is 3.20. The Morgan fingerprint density at radius 3 is 2.15 bits per heavy atom. The van der Waals surface area contributed by atoms with E-state index in [4.69, 9.17) is 0 Å². The van der Waals surface area contributed by atoms with Crippen molar-refractivity contribution in [1.82, 2.24) is 10.2 Å². The summed E-state index contributed by atoms with van der Waals surface area (Å²) in [7, 11) is 0. The molecule has 2 aliphatic carbocycles. The molecule has 1 aliphatic heterocycles. The number of carbonyl (C=O) groups excluding carboxylic acids is 2. The Morgan fingerprint density at radius 2 is 1.60 bits per heavy atom. The second kappa shape index (κ2) is 5.32. The first kappa shape index (κ1) is 14.4. The molecule has 0 radical (unpaired) electrons. The zero-order valence-electron chi connectivity index (χ0n) is 11.9. The van der Waals surface area contributed by atoms with E-state index >= 15 is 0 Å². The lowest BCUT2D eigenvalue weighted by atomic mass is 9.84. The Bertz CT molecular complexity index is 412.